The summed E-state index contributed by atoms with van der Waals surface area (Å²) in [6, 6.07) is 15.1. The van der Waals surface area contributed by atoms with Gasteiger partial charge in [-0.3, -0.25) is 19.3 Å². The second-order valence-corrected chi connectivity index (χ2v) is 8.61. The van der Waals surface area contributed by atoms with Gasteiger partial charge in [-0.2, -0.15) is 0 Å². The Morgan fingerprint density at radius 1 is 1.15 bits per heavy atom. The number of hydrogen-bond acceptors (Lipinski definition) is 4. The van der Waals surface area contributed by atoms with E-state index in [0.29, 0.717) is 34.2 Å². The molecule has 2 aliphatic rings. The maximum Gasteiger partial charge on any atom is 0.259 e. The van der Waals surface area contributed by atoms with E-state index >= 15 is 0 Å². The van der Waals surface area contributed by atoms with Crippen molar-refractivity contribution in [1.29, 1.82) is 0 Å². The van der Waals surface area contributed by atoms with E-state index < -0.39 is 6.04 Å². The van der Waals surface area contributed by atoms with E-state index in [4.69, 9.17) is 11.6 Å². The lowest BCUT2D eigenvalue weighted by molar-refractivity contribution is -0.120. The monoisotopic (exact) mass is 460 g/mol. The number of anilines is 2. The summed E-state index contributed by atoms with van der Waals surface area (Å²) in [6.07, 6.45) is 2.48. The highest BCUT2D eigenvalue weighted by molar-refractivity contribution is 6.31. The first-order chi connectivity index (χ1) is 15.9. The lowest BCUT2D eigenvalue weighted by atomic mass is 10.1. The van der Waals surface area contributed by atoms with E-state index in [9.17, 15) is 14.4 Å². The summed E-state index contributed by atoms with van der Waals surface area (Å²) in [5, 5.41) is 3.22. The largest absolute Gasteiger partial charge is 0.324 e. The minimum Gasteiger partial charge on any atom is -0.324 e. The van der Waals surface area contributed by atoms with Gasteiger partial charge in [0.15, 0.2) is 0 Å². The molecular weight excluding hydrogens is 440 g/mol. The maximum absolute atomic E-state index is 13.2. The van der Waals surface area contributed by atoms with Crippen molar-refractivity contribution >= 4 is 40.8 Å². The molecule has 2 aliphatic heterocycles. The third-order valence-electron chi connectivity index (χ3n) is 6.10. The van der Waals surface area contributed by atoms with Gasteiger partial charge in [0.05, 0.1) is 11.3 Å². The number of nitrogens with one attached hydrogen (secondary N) is 1. The highest BCUT2D eigenvalue weighted by Crippen LogP contribution is 2.29. The Balaban J connectivity index is 1.36. The Morgan fingerprint density at radius 2 is 1.94 bits per heavy atom. The minimum atomic E-state index is -0.669. The smallest absolute Gasteiger partial charge is 0.259 e. The number of amides is 3. The normalized spacial score (nSPS) is 17.3. The topological polar surface area (TPSA) is 82.6 Å². The molecule has 3 heterocycles. The average molecular weight is 461 g/mol. The van der Waals surface area contributed by atoms with Crippen molar-refractivity contribution in [2.45, 2.75) is 25.9 Å². The number of carbonyl (C=O) groups is 3. The predicted molar refractivity (Wildman–Crippen MR) is 125 cm³/mol. The molecule has 7 nitrogen and oxygen atoms in total. The van der Waals surface area contributed by atoms with Crippen molar-refractivity contribution in [2.24, 2.45) is 0 Å². The van der Waals surface area contributed by atoms with Gasteiger partial charge >= 0.3 is 0 Å². The molecule has 3 aromatic rings. The van der Waals surface area contributed by atoms with E-state index in [2.05, 4.69) is 10.3 Å². The van der Waals surface area contributed by atoms with Gasteiger partial charge in [-0.15, -0.1) is 0 Å². The molecular formula is C25H21ClN4O3. The molecule has 8 heteroatoms. The Hall–Kier alpha value is -3.71. The van der Waals surface area contributed by atoms with Crippen LogP contribution in [0.1, 0.15) is 38.8 Å². The molecule has 3 amide bonds. The van der Waals surface area contributed by atoms with E-state index in [1.54, 1.807) is 48.4 Å². The standard InChI is InChI=1S/C25H21ClN4O3/c1-15-23(31)28-21-13-19(26)8-9-20(21)25(33)30(15)14-16-4-6-18(7-5-16)24(32)29-12-10-17-3-2-11-27-22(17)29/h2-9,11,13,15H,10,12,14H2,1H3,(H,28,31)/t15-/m1/s1. The Bertz CT molecular complexity index is 1270. The van der Waals surface area contributed by atoms with Crippen molar-refractivity contribution in [3.63, 3.8) is 0 Å². The molecule has 0 saturated carbocycles. The number of carbonyl (C=O) groups excluding carboxylic acids is 3. The van der Waals surface area contributed by atoms with E-state index in [1.807, 2.05) is 24.3 Å². The van der Waals surface area contributed by atoms with Gasteiger partial charge < -0.3 is 10.2 Å². The third kappa shape index (κ3) is 3.85. The van der Waals surface area contributed by atoms with Gasteiger partial charge in [-0.05, 0) is 60.9 Å². The lowest BCUT2D eigenvalue weighted by Gasteiger charge is -2.26. The van der Waals surface area contributed by atoms with E-state index in [1.165, 1.54) is 4.90 Å². The van der Waals surface area contributed by atoms with Crippen molar-refractivity contribution in [3.05, 3.63) is 88.1 Å². The van der Waals surface area contributed by atoms with Gasteiger partial charge in [0.2, 0.25) is 5.91 Å². The van der Waals surface area contributed by atoms with Crippen LogP contribution in [0, 0.1) is 0 Å². The van der Waals surface area contributed by atoms with E-state index in [-0.39, 0.29) is 24.3 Å². The zero-order valence-corrected chi connectivity index (χ0v) is 18.7. The molecule has 5 rings (SSSR count). The van der Waals surface area contributed by atoms with Crippen LogP contribution >= 0.6 is 11.6 Å². The molecule has 0 aliphatic carbocycles. The molecule has 33 heavy (non-hydrogen) atoms. The number of rotatable bonds is 3. The fourth-order valence-electron chi connectivity index (χ4n) is 4.23. The van der Waals surface area contributed by atoms with Crippen LogP contribution in [0.2, 0.25) is 5.02 Å². The summed E-state index contributed by atoms with van der Waals surface area (Å²) >= 11 is 6.03. The highest BCUT2D eigenvalue weighted by atomic mass is 35.5. The van der Waals surface area contributed by atoms with Gasteiger partial charge in [0.25, 0.3) is 11.8 Å². The quantitative estimate of drug-likeness (QED) is 0.642. The van der Waals surface area contributed by atoms with Crippen LogP contribution < -0.4 is 10.2 Å². The number of fused-ring (bicyclic) bond motifs is 2. The molecule has 2 aromatic carbocycles. The lowest BCUT2D eigenvalue weighted by Crippen LogP contribution is -2.42. The molecule has 0 unspecified atom stereocenters. The van der Waals surface area contributed by atoms with Gasteiger partial charge in [0, 0.05) is 29.9 Å². The van der Waals surface area contributed by atoms with Crippen LogP contribution in [0.4, 0.5) is 11.5 Å². The number of pyridine rings is 1. The first-order valence-corrected chi connectivity index (χ1v) is 11.1. The van der Waals surface area contributed by atoms with E-state index in [0.717, 1.165) is 17.5 Å². The van der Waals surface area contributed by atoms with Crippen LogP contribution in [-0.4, -0.2) is 40.2 Å². The van der Waals surface area contributed by atoms with Gasteiger partial charge in [-0.1, -0.05) is 29.8 Å². The number of halogens is 1. The summed E-state index contributed by atoms with van der Waals surface area (Å²) in [5.74, 6) is 0.0625. The Kier molecular flexibility index (Phi) is 5.34. The van der Waals surface area contributed by atoms with Crippen LogP contribution in [0.15, 0.2) is 60.8 Å². The fourth-order valence-corrected chi connectivity index (χ4v) is 4.41. The van der Waals surface area contributed by atoms with Gasteiger partial charge in [-0.25, -0.2) is 4.98 Å². The molecule has 0 radical (unpaired) electrons. The predicted octanol–water partition coefficient (Wildman–Crippen LogP) is 3.92. The number of aromatic nitrogens is 1. The zero-order valence-electron chi connectivity index (χ0n) is 17.9. The number of nitrogens with zero attached hydrogens (tertiary/aromatic N) is 3. The van der Waals surface area contributed by atoms with Crippen molar-refractivity contribution < 1.29 is 14.4 Å². The molecule has 0 fully saturated rings. The molecule has 1 N–H and O–H groups in total. The zero-order chi connectivity index (χ0) is 23.1. The fraction of sp³-hybridized carbons (Fsp3) is 0.200. The summed E-state index contributed by atoms with van der Waals surface area (Å²) in [7, 11) is 0. The second-order valence-electron chi connectivity index (χ2n) is 8.18. The molecule has 0 bridgehead atoms. The highest BCUT2D eigenvalue weighted by Gasteiger charge is 2.33. The van der Waals surface area contributed by atoms with Crippen LogP contribution in [0.3, 0.4) is 0 Å². The Morgan fingerprint density at radius 3 is 2.73 bits per heavy atom. The summed E-state index contributed by atoms with van der Waals surface area (Å²) in [6.45, 7) is 2.53. The maximum atomic E-state index is 13.2. The van der Waals surface area contributed by atoms with Gasteiger partial charge in [0.1, 0.15) is 11.9 Å². The average Bonchev–Trinajstić information content (AvgIpc) is 3.23. The number of benzene rings is 2. The minimum absolute atomic E-state index is 0.108. The molecule has 1 aromatic heterocycles. The summed E-state index contributed by atoms with van der Waals surface area (Å²) < 4.78 is 0. The Labute approximate surface area is 196 Å². The first kappa shape index (κ1) is 21.2. The third-order valence-corrected chi connectivity index (χ3v) is 6.34. The summed E-state index contributed by atoms with van der Waals surface area (Å²) in [4.78, 5) is 46.4. The van der Waals surface area contributed by atoms with Crippen LogP contribution in [0.5, 0.6) is 0 Å². The molecule has 166 valence electrons. The molecule has 1 atom stereocenters. The first-order valence-electron chi connectivity index (χ1n) is 10.7. The van der Waals surface area contributed by atoms with Crippen molar-refractivity contribution in [3.8, 4) is 0 Å². The van der Waals surface area contributed by atoms with Crippen LogP contribution in [-0.2, 0) is 17.8 Å². The van der Waals surface area contributed by atoms with Crippen molar-refractivity contribution in [2.75, 3.05) is 16.8 Å². The van der Waals surface area contributed by atoms with Crippen molar-refractivity contribution in [1.82, 2.24) is 9.88 Å². The SMILES string of the molecule is C[C@@H]1C(=O)Nc2cc(Cl)ccc2C(=O)N1Cc1ccc(C(=O)N2CCc3cccnc32)cc1. The van der Waals surface area contributed by atoms with Crippen LogP contribution in [0.25, 0.3) is 0 Å². The summed E-state index contributed by atoms with van der Waals surface area (Å²) in [5.41, 5.74) is 3.23. The number of hydrogen-bond donors (Lipinski definition) is 1. The molecule has 0 spiro atoms. The molecule has 0 saturated heterocycles. The second kappa shape index (κ2) is 8.33.